The van der Waals surface area contributed by atoms with Crippen LogP contribution in [-0.2, 0) is 6.54 Å². The normalized spacial score (nSPS) is 14.7. The molecule has 2 aromatic carbocycles. The molecule has 3 amide bonds. The first kappa shape index (κ1) is 34.3. The van der Waals surface area contributed by atoms with Crippen molar-refractivity contribution in [3.05, 3.63) is 58.1 Å². The highest BCUT2D eigenvalue weighted by Gasteiger charge is 2.29. The molecule has 1 fully saturated rings. The molecule has 1 aliphatic rings. The molecule has 41 heavy (non-hydrogen) atoms. The molecule has 1 atom stereocenters. The predicted molar refractivity (Wildman–Crippen MR) is 146 cm³/mol. The van der Waals surface area contributed by atoms with Gasteiger partial charge in [0.25, 0.3) is 5.91 Å². The number of nitrogens with one attached hydrogen (secondary N) is 3. The summed E-state index contributed by atoms with van der Waals surface area (Å²) in [5, 5.41) is 25.4. The highest BCUT2D eigenvalue weighted by Crippen LogP contribution is 2.31. The largest absolute Gasteiger partial charge is 0.394 e. The molecule has 0 aliphatic carbocycles. The van der Waals surface area contributed by atoms with E-state index in [1.807, 2.05) is 4.90 Å². The van der Waals surface area contributed by atoms with Crippen molar-refractivity contribution in [2.75, 3.05) is 56.1 Å². The van der Waals surface area contributed by atoms with Gasteiger partial charge in [-0.05, 0) is 24.3 Å². The van der Waals surface area contributed by atoms with Crippen molar-refractivity contribution in [3.63, 3.8) is 0 Å². The maximum atomic E-state index is 14.8. The van der Waals surface area contributed by atoms with Crippen molar-refractivity contribution < 1.29 is 41.8 Å². The van der Waals surface area contributed by atoms with E-state index in [9.17, 15) is 36.6 Å². The summed E-state index contributed by atoms with van der Waals surface area (Å²) >= 11 is 6.13. The van der Waals surface area contributed by atoms with E-state index in [0.29, 0.717) is 36.9 Å². The molecule has 0 bridgehead atoms. The number of carbonyl (C=O) groups is 2. The number of nitrogens with zero attached hydrogens (tertiary/aromatic N) is 2. The summed E-state index contributed by atoms with van der Waals surface area (Å²) in [6.07, 6.45) is -6.33. The van der Waals surface area contributed by atoms with Crippen LogP contribution in [0.25, 0.3) is 0 Å². The summed E-state index contributed by atoms with van der Waals surface area (Å²) in [6.45, 7) is 0.0709. The molecule has 5 N–H and O–H groups in total. The number of hydrogen-bond acceptors (Lipinski definition) is 6. The van der Waals surface area contributed by atoms with Gasteiger partial charge in [0.1, 0.15) is 0 Å². The lowest BCUT2D eigenvalue weighted by atomic mass is 10.1. The third-order valence-corrected chi connectivity index (χ3v) is 6.42. The number of aliphatic hydroxyl groups is 2. The van der Waals surface area contributed by atoms with Gasteiger partial charge in [0, 0.05) is 56.4 Å². The average molecular weight is 630 g/mol. The predicted octanol–water partition coefficient (Wildman–Crippen LogP) is 3.52. The van der Waals surface area contributed by atoms with Crippen molar-refractivity contribution in [3.8, 4) is 0 Å². The highest BCUT2D eigenvalue weighted by molar-refractivity contribution is 6.31. The van der Waals surface area contributed by atoms with Crippen molar-refractivity contribution in [1.82, 2.24) is 15.5 Å². The smallest absolute Gasteiger partial charge is 0.390 e. The van der Waals surface area contributed by atoms with E-state index in [0.717, 1.165) is 12.1 Å². The van der Waals surface area contributed by atoms with Crippen molar-refractivity contribution in [2.24, 2.45) is 0 Å². The fourth-order valence-electron chi connectivity index (χ4n) is 3.97. The average Bonchev–Trinajstić information content (AvgIpc) is 2.92. The molecule has 2 aromatic rings. The number of anilines is 2. The SMILES string of the molecule is Cl.O=C(NCc1ccc(C(=O)Nc2ccc(Cl)cc2N2CCN(CCC(F)(F)F)CC2)c(F)c1F)NC[C@H](O)CO. The van der Waals surface area contributed by atoms with Crippen LogP contribution in [0.1, 0.15) is 22.3 Å². The Labute approximate surface area is 244 Å². The molecule has 16 heteroatoms. The topological polar surface area (TPSA) is 117 Å². The number of rotatable bonds is 10. The zero-order valence-corrected chi connectivity index (χ0v) is 23.2. The van der Waals surface area contributed by atoms with E-state index in [-0.39, 0.29) is 36.7 Å². The van der Waals surface area contributed by atoms with Gasteiger partial charge in [-0.15, -0.1) is 12.4 Å². The van der Waals surface area contributed by atoms with Gasteiger partial charge in [0.15, 0.2) is 11.6 Å². The number of urea groups is 1. The molecular formula is C25H30Cl2F5N5O4. The molecule has 1 heterocycles. The molecule has 0 spiro atoms. The van der Waals surface area contributed by atoms with E-state index < -0.39 is 61.0 Å². The molecule has 0 unspecified atom stereocenters. The Morgan fingerprint density at radius 3 is 2.34 bits per heavy atom. The molecule has 0 aromatic heterocycles. The van der Waals surface area contributed by atoms with Crippen LogP contribution in [0.5, 0.6) is 0 Å². The number of carbonyl (C=O) groups excluding carboxylic acids is 2. The van der Waals surface area contributed by atoms with Crippen LogP contribution < -0.4 is 20.9 Å². The third kappa shape index (κ3) is 10.1. The van der Waals surface area contributed by atoms with Crippen LogP contribution in [-0.4, -0.2) is 85.2 Å². The number of halogens is 7. The zero-order valence-electron chi connectivity index (χ0n) is 21.6. The van der Waals surface area contributed by atoms with Crippen molar-refractivity contribution in [2.45, 2.75) is 25.2 Å². The number of hydrogen-bond donors (Lipinski definition) is 5. The maximum Gasteiger partial charge on any atom is 0.390 e. The Hall–Kier alpha value is -2.91. The Balaban J connectivity index is 0.00000588. The minimum Gasteiger partial charge on any atom is -0.394 e. The maximum absolute atomic E-state index is 14.8. The number of aliphatic hydroxyl groups excluding tert-OH is 2. The summed E-state index contributed by atoms with van der Waals surface area (Å²) in [4.78, 5) is 28.1. The lowest BCUT2D eigenvalue weighted by Gasteiger charge is -2.37. The molecule has 0 saturated carbocycles. The second-order valence-corrected chi connectivity index (χ2v) is 9.55. The van der Waals surface area contributed by atoms with Gasteiger partial charge in [-0.2, -0.15) is 13.2 Å². The number of amides is 3. The number of benzene rings is 2. The van der Waals surface area contributed by atoms with Gasteiger partial charge in [-0.25, -0.2) is 13.6 Å². The minimum atomic E-state index is -4.25. The summed E-state index contributed by atoms with van der Waals surface area (Å²) in [5.41, 5.74) is -0.0853. The van der Waals surface area contributed by atoms with E-state index in [1.54, 1.807) is 11.0 Å². The zero-order chi connectivity index (χ0) is 29.4. The Morgan fingerprint density at radius 1 is 1.02 bits per heavy atom. The molecular weight excluding hydrogens is 600 g/mol. The minimum absolute atomic E-state index is 0. The Kier molecular flexibility index (Phi) is 12.8. The summed E-state index contributed by atoms with van der Waals surface area (Å²) in [6, 6.07) is 5.97. The van der Waals surface area contributed by atoms with Crippen LogP contribution in [0.15, 0.2) is 30.3 Å². The first-order valence-corrected chi connectivity index (χ1v) is 12.7. The van der Waals surface area contributed by atoms with Crippen LogP contribution in [0.3, 0.4) is 0 Å². The van der Waals surface area contributed by atoms with Gasteiger partial charge in [0.2, 0.25) is 0 Å². The monoisotopic (exact) mass is 629 g/mol. The number of piperazine rings is 1. The second-order valence-electron chi connectivity index (χ2n) is 9.11. The summed E-state index contributed by atoms with van der Waals surface area (Å²) in [5.74, 6) is -3.71. The Bertz CT molecular complexity index is 1200. The van der Waals surface area contributed by atoms with E-state index in [1.165, 1.54) is 12.1 Å². The molecule has 228 valence electrons. The molecule has 9 nitrogen and oxygen atoms in total. The van der Waals surface area contributed by atoms with Crippen LogP contribution >= 0.6 is 24.0 Å². The van der Waals surface area contributed by atoms with Gasteiger partial charge in [0.05, 0.1) is 36.1 Å². The highest BCUT2D eigenvalue weighted by atomic mass is 35.5. The second kappa shape index (κ2) is 15.4. The van der Waals surface area contributed by atoms with Crippen molar-refractivity contribution >= 4 is 47.3 Å². The third-order valence-electron chi connectivity index (χ3n) is 6.19. The molecule has 1 saturated heterocycles. The van der Waals surface area contributed by atoms with Crippen LogP contribution in [0.2, 0.25) is 5.02 Å². The van der Waals surface area contributed by atoms with E-state index in [4.69, 9.17) is 16.7 Å². The van der Waals surface area contributed by atoms with Gasteiger partial charge >= 0.3 is 12.2 Å². The molecule has 1 aliphatic heterocycles. The lowest BCUT2D eigenvalue weighted by Crippen LogP contribution is -2.47. The Morgan fingerprint density at radius 2 is 1.71 bits per heavy atom. The van der Waals surface area contributed by atoms with Gasteiger partial charge < -0.3 is 31.1 Å². The quantitative estimate of drug-likeness (QED) is 0.257. The molecule has 3 rings (SSSR count). The first-order valence-electron chi connectivity index (χ1n) is 12.3. The number of alkyl halides is 3. The van der Waals surface area contributed by atoms with Crippen LogP contribution in [0.4, 0.5) is 38.1 Å². The van der Waals surface area contributed by atoms with E-state index in [2.05, 4.69) is 16.0 Å². The fraction of sp³-hybridized carbons (Fsp3) is 0.440. The van der Waals surface area contributed by atoms with E-state index >= 15 is 0 Å². The van der Waals surface area contributed by atoms with Crippen molar-refractivity contribution in [1.29, 1.82) is 0 Å². The standard InChI is InChI=1S/C25H29ClF5N5O4.ClH/c26-16-2-4-19(20(11-16)36-9-7-35(8-10-36)6-5-25(29,30)31)34-23(39)18-3-1-15(21(27)22(18)28)12-32-24(40)33-13-17(38)14-37;/h1-4,11,17,37-38H,5-10,12-14H2,(H,34,39)(H2,32,33,40);1H/t17-;/m0./s1. The summed E-state index contributed by atoms with van der Waals surface area (Å²) < 4.78 is 67.1. The first-order chi connectivity index (χ1) is 18.9. The lowest BCUT2D eigenvalue weighted by molar-refractivity contribution is -0.138. The fourth-order valence-corrected chi connectivity index (χ4v) is 4.14. The van der Waals surface area contributed by atoms with Crippen LogP contribution in [0, 0.1) is 11.6 Å². The molecule has 0 radical (unpaired) electrons. The van der Waals surface area contributed by atoms with Gasteiger partial charge in [-0.1, -0.05) is 17.7 Å². The summed E-state index contributed by atoms with van der Waals surface area (Å²) in [7, 11) is 0. The van der Waals surface area contributed by atoms with Gasteiger partial charge in [-0.3, -0.25) is 9.69 Å².